The molecule has 2 aliphatic carbocycles. The normalized spacial score (nSPS) is 23.5. The van der Waals surface area contributed by atoms with Crippen molar-refractivity contribution in [2.24, 2.45) is 0 Å². The van der Waals surface area contributed by atoms with Gasteiger partial charge in [0.05, 0.1) is 40.3 Å². The second kappa shape index (κ2) is 7.99. The highest BCUT2D eigenvalue weighted by molar-refractivity contribution is 6.68. The third-order valence-corrected chi connectivity index (χ3v) is 8.53. The van der Waals surface area contributed by atoms with E-state index in [4.69, 9.17) is 139 Å². The smallest absolute Gasteiger partial charge is 0.0888 e. The number of allylic oxidation sites excluding steroid dienone is 8. The molecule has 0 fully saturated rings. The van der Waals surface area contributed by atoms with Gasteiger partial charge in [0.25, 0.3) is 0 Å². The molecule has 124 valence electrons. The Hall–Kier alpha value is 2.44. The van der Waals surface area contributed by atoms with Gasteiger partial charge >= 0.3 is 0 Å². The summed E-state index contributed by atoms with van der Waals surface area (Å²) in [5.74, 6) is 0. The van der Waals surface area contributed by atoms with Crippen molar-refractivity contribution in [1.29, 1.82) is 0 Å². The Morgan fingerprint density at radius 1 is 0.364 bits per heavy atom. The van der Waals surface area contributed by atoms with Gasteiger partial charge in [0.2, 0.25) is 0 Å². The minimum absolute atomic E-state index is 0.0394. The van der Waals surface area contributed by atoms with E-state index < -0.39 is 8.67 Å². The Morgan fingerprint density at radius 2 is 0.500 bits per heavy atom. The summed E-state index contributed by atoms with van der Waals surface area (Å²) in [7, 11) is 0. The van der Waals surface area contributed by atoms with Crippen LogP contribution in [0.3, 0.4) is 0 Å². The minimum Gasteiger partial charge on any atom is -0.0888 e. The van der Waals surface area contributed by atoms with Crippen molar-refractivity contribution in [2.75, 3.05) is 0 Å². The Labute approximate surface area is 186 Å². The van der Waals surface area contributed by atoms with Gasteiger partial charge in [-0.2, -0.15) is 0 Å². The first-order valence-electron chi connectivity index (χ1n) is 4.77. The van der Waals surface area contributed by atoms with Gasteiger partial charge in [0.15, 0.2) is 8.67 Å². The summed E-state index contributed by atoms with van der Waals surface area (Å²) >= 11 is 67.6. The van der Waals surface area contributed by atoms with E-state index in [0.29, 0.717) is 0 Å². The first-order chi connectivity index (χ1) is 9.77. The van der Waals surface area contributed by atoms with Crippen molar-refractivity contribution in [3.63, 3.8) is 0 Å². The lowest BCUT2D eigenvalue weighted by Gasteiger charge is -2.11. The predicted octanol–water partition coefficient (Wildman–Crippen LogP) is 9.10. The molecule has 0 aromatic rings. The number of rotatable bonds is 0. The molecule has 0 unspecified atom stereocenters. The van der Waals surface area contributed by atoms with Gasteiger partial charge in [-0.15, -0.1) is 0 Å². The van der Waals surface area contributed by atoms with Crippen LogP contribution in [0.15, 0.2) is 40.3 Å². The van der Waals surface area contributed by atoms with E-state index >= 15 is 0 Å². The largest absolute Gasteiger partial charge is 0.191 e. The zero-order chi connectivity index (χ0) is 17.6. The fourth-order valence-electron chi connectivity index (χ4n) is 1.13. The van der Waals surface area contributed by atoms with Crippen molar-refractivity contribution in [3.05, 3.63) is 40.3 Å². The van der Waals surface area contributed by atoms with Crippen molar-refractivity contribution in [3.8, 4) is 0 Å². The fraction of sp³-hybridized carbons (Fsp3) is 0.200. The molecule has 0 saturated heterocycles. The summed E-state index contributed by atoms with van der Waals surface area (Å²) in [5, 5.41) is 0.559. The average Bonchev–Trinajstić information content (AvgIpc) is 2.67. The fourth-order valence-corrected chi connectivity index (χ4v) is 4.26. The molecule has 2 aliphatic rings. The highest BCUT2D eigenvalue weighted by atomic mass is 35.5. The monoisotopic (exact) mass is 540 g/mol. The van der Waals surface area contributed by atoms with Gasteiger partial charge in [0, 0.05) is 0 Å². The molecule has 0 aromatic heterocycles. The van der Waals surface area contributed by atoms with Crippen LogP contribution in [0.4, 0.5) is 0 Å². The minimum atomic E-state index is -1.47. The molecule has 0 radical (unpaired) electrons. The van der Waals surface area contributed by atoms with Crippen molar-refractivity contribution < 1.29 is 0 Å². The van der Waals surface area contributed by atoms with Crippen LogP contribution in [0, 0.1) is 0 Å². The van der Waals surface area contributed by atoms with E-state index in [2.05, 4.69) is 0 Å². The summed E-state index contributed by atoms with van der Waals surface area (Å²) in [6.45, 7) is 0. The maximum Gasteiger partial charge on any atom is 0.191 e. The third-order valence-electron chi connectivity index (χ3n) is 2.26. The Morgan fingerprint density at radius 3 is 0.545 bits per heavy atom. The second-order valence-electron chi connectivity index (χ2n) is 3.66. The van der Waals surface area contributed by atoms with E-state index in [9.17, 15) is 0 Å². The lowest BCUT2D eigenvalue weighted by molar-refractivity contribution is 1.24. The van der Waals surface area contributed by atoms with Crippen LogP contribution in [0.5, 0.6) is 0 Å². The van der Waals surface area contributed by atoms with Crippen molar-refractivity contribution >= 4 is 139 Å². The number of hydrogen-bond donors (Lipinski definition) is 0. The molecule has 0 saturated carbocycles. The predicted molar refractivity (Wildman–Crippen MR) is 104 cm³/mol. The standard InChI is InChI=1S/2C5Cl6/c2*6-1-2(7)4(9)5(10,11)3(1)8. The Kier molecular flexibility index (Phi) is 8.16. The summed E-state index contributed by atoms with van der Waals surface area (Å²) in [5.41, 5.74) is 0. The maximum absolute atomic E-state index is 5.68. The van der Waals surface area contributed by atoms with Gasteiger partial charge in [-0.25, -0.2) is 0 Å². The molecule has 0 amide bonds. The topological polar surface area (TPSA) is 0 Å². The highest BCUT2D eigenvalue weighted by Gasteiger charge is 2.43. The first-order valence-corrected chi connectivity index (χ1v) is 9.30. The molecule has 0 atom stereocenters. The lowest BCUT2D eigenvalue weighted by atomic mass is 10.4. The van der Waals surface area contributed by atoms with Gasteiger partial charge in [-0.1, -0.05) is 139 Å². The number of hydrogen-bond acceptors (Lipinski definition) is 0. The van der Waals surface area contributed by atoms with Gasteiger partial charge in [0.1, 0.15) is 0 Å². The van der Waals surface area contributed by atoms with Crippen molar-refractivity contribution in [1.82, 2.24) is 0 Å². The van der Waals surface area contributed by atoms with Crippen LogP contribution < -0.4 is 0 Å². The molecule has 0 N–H and O–H groups in total. The molecule has 22 heavy (non-hydrogen) atoms. The SMILES string of the molecule is ClC1=C(Cl)C(Cl)(Cl)C(Cl)=C1Cl.ClC1=C(Cl)C(Cl)(Cl)C(Cl)=C1Cl. The summed E-state index contributed by atoms with van der Waals surface area (Å²) < 4.78 is -2.95. The molecular formula is C10Cl12. The van der Waals surface area contributed by atoms with E-state index in [1.807, 2.05) is 0 Å². The van der Waals surface area contributed by atoms with Crippen LogP contribution >= 0.6 is 139 Å². The van der Waals surface area contributed by atoms with Crippen molar-refractivity contribution in [2.45, 2.75) is 8.67 Å². The zero-order valence-corrected chi connectivity index (χ0v) is 18.6. The molecule has 0 aliphatic heterocycles. The second-order valence-corrected chi connectivity index (χ2v) is 9.34. The quantitative estimate of drug-likeness (QED) is 0.266. The van der Waals surface area contributed by atoms with E-state index in [1.165, 1.54) is 0 Å². The van der Waals surface area contributed by atoms with Gasteiger partial charge in [-0.05, 0) is 0 Å². The van der Waals surface area contributed by atoms with Crippen LogP contribution in [0.25, 0.3) is 0 Å². The zero-order valence-electron chi connectivity index (χ0n) is 9.54. The summed E-state index contributed by atoms with van der Waals surface area (Å²) in [4.78, 5) is 0. The van der Waals surface area contributed by atoms with E-state index in [-0.39, 0.29) is 40.3 Å². The third kappa shape index (κ3) is 4.05. The number of halogens is 12. The maximum atomic E-state index is 5.68. The molecule has 0 bridgehead atoms. The van der Waals surface area contributed by atoms with E-state index in [0.717, 1.165) is 0 Å². The summed E-state index contributed by atoms with van der Waals surface area (Å²) in [6, 6.07) is 0. The Bertz CT molecular complexity index is 524. The molecular weight excluding hydrogens is 546 g/mol. The molecule has 0 heterocycles. The van der Waals surface area contributed by atoms with Crippen LogP contribution in [-0.2, 0) is 0 Å². The molecule has 0 nitrogen and oxygen atoms in total. The summed E-state index contributed by atoms with van der Waals surface area (Å²) in [6.07, 6.45) is 0. The van der Waals surface area contributed by atoms with Crippen LogP contribution in [0.1, 0.15) is 0 Å². The molecule has 2 rings (SSSR count). The molecule has 0 spiro atoms. The van der Waals surface area contributed by atoms with Crippen LogP contribution in [0.2, 0.25) is 0 Å². The number of alkyl halides is 4. The van der Waals surface area contributed by atoms with Crippen LogP contribution in [-0.4, -0.2) is 8.67 Å². The van der Waals surface area contributed by atoms with Gasteiger partial charge < -0.3 is 0 Å². The van der Waals surface area contributed by atoms with E-state index in [1.54, 1.807) is 0 Å². The first kappa shape index (κ1) is 22.5. The molecule has 12 heteroatoms. The Balaban J connectivity index is 0.000000220. The lowest BCUT2D eigenvalue weighted by Crippen LogP contribution is -2.09. The highest BCUT2D eigenvalue weighted by Crippen LogP contribution is 2.54. The molecule has 0 aromatic carbocycles. The average molecular weight is 546 g/mol. The van der Waals surface area contributed by atoms with Gasteiger partial charge in [-0.3, -0.25) is 0 Å².